The Hall–Kier alpha value is -2.49. The molecule has 0 radical (unpaired) electrons. The summed E-state index contributed by atoms with van der Waals surface area (Å²) in [6, 6.07) is 7.78. The third-order valence-electron chi connectivity index (χ3n) is 2.76. The van der Waals surface area contributed by atoms with Gasteiger partial charge >= 0.3 is 0 Å². The number of fused-ring (bicyclic) bond motifs is 1. The topological polar surface area (TPSA) is 68.1 Å². The number of primary amides is 1. The van der Waals surface area contributed by atoms with Crippen molar-refractivity contribution in [2.24, 2.45) is 5.73 Å². The second-order valence-corrected chi connectivity index (χ2v) is 3.76. The van der Waals surface area contributed by atoms with E-state index in [0.29, 0.717) is 5.57 Å². The quantitative estimate of drug-likeness (QED) is 0.490. The average molecular weight is 242 g/mol. The van der Waals surface area contributed by atoms with Crippen LogP contribution in [0.25, 0.3) is 16.5 Å². The van der Waals surface area contributed by atoms with E-state index < -0.39 is 5.91 Å². The van der Waals surface area contributed by atoms with Crippen LogP contribution in [-0.2, 0) is 9.53 Å². The molecular formula is C14H14N2O2. The minimum Gasteiger partial charge on any atom is -0.491 e. The van der Waals surface area contributed by atoms with Gasteiger partial charge in [0.2, 0.25) is 0 Å². The number of rotatable bonds is 4. The molecule has 1 aromatic carbocycles. The number of methoxy groups -OCH3 is 1. The van der Waals surface area contributed by atoms with Gasteiger partial charge in [0.1, 0.15) is 0 Å². The number of hydrogen-bond acceptors (Lipinski definition) is 2. The number of hydrogen-bond donors (Lipinski definition) is 2. The Bertz CT molecular complexity index is 638. The van der Waals surface area contributed by atoms with Crippen LogP contribution in [0.4, 0.5) is 0 Å². The zero-order valence-corrected chi connectivity index (χ0v) is 10.1. The summed E-state index contributed by atoms with van der Waals surface area (Å²) in [5, 5.41) is 0.989. The third-order valence-corrected chi connectivity index (χ3v) is 2.76. The van der Waals surface area contributed by atoms with E-state index in [0.717, 1.165) is 16.5 Å². The molecule has 0 atom stereocenters. The molecule has 18 heavy (non-hydrogen) atoms. The van der Waals surface area contributed by atoms with E-state index in [1.807, 2.05) is 30.5 Å². The van der Waals surface area contributed by atoms with Crippen molar-refractivity contribution in [3.05, 3.63) is 54.4 Å². The van der Waals surface area contributed by atoms with Crippen molar-refractivity contribution in [1.82, 2.24) is 4.98 Å². The number of benzene rings is 1. The highest BCUT2D eigenvalue weighted by atomic mass is 16.5. The number of H-pyrrole nitrogens is 1. The molecule has 92 valence electrons. The molecule has 1 aromatic heterocycles. The van der Waals surface area contributed by atoms with E-state index in [2.05, 4.69) is 11.6 Å². The molecule has 0 aliphatic heterocycles. The lowest BCUT2D eigenvalue weighted by molar-refractivity contribution is -0.117. The standard InChI is InChI=1S/C14H14N2O2/c1-3-9(13(18-2)14(15)17)11-8-16-12-7-5-4-6-10(11)12/h3-8,16H,1H2,2H3,(H2,15,17). The first-order chi connectivity index (χ1) is 8.69. The van der Waals surface area contributed by atoms with Gasteiger partial charge in [-0.15, -0.1) is 0 Å². The molecule has 0 aliphatic rings. The monoisotopic (exact) mass is 242 g/mol. The normalized spacial score (nSPS) is 12.1. The molecule has 0 aliphatic carbocycles. The van der Waals surface area contributed by atoms with Crippen LogP contribution >= 0.6 is 0 Å². The fourth-order valence-electron chi connectivity index (χ4n) is 1.96. The van der Waals surface area contributed by atoms with Crippen molar-refractivity contribution in [3.8, 4) is 0 Å². The summed E-state index contributed by atoms with van der Waals surface area (Å²) >= 11 is 0. The van der Waals surface area contributed by atoms with Crippen LogP contribution in [-0.4, -0.2) is 18.0 Å². The van der Waals surface area contributed by atoms with Crippen LogP contribution in [0.2, 0.25) is 0 Å². The first kappa shape index (κ1) is 12.0. The van der Waals surface area contributed by atoms with E-state index in [1.165, 1.54) is 7.11 Å². The van der Waals surface area contributed by atoms with Gasteiger partial charge in [0.15, 0.2) is 5.76 Å². The van der Waals surface area contributed by atoms with E-state index >= 15 is 0 Å². The Morgan fingerprint density at radius 2 is 2.17 bits per heavy atom. The summed E-state index contributed by atoms with van der Waals surface area (Å²) < 4.78 is 5.06. The van der Waals surface area contributed by atoms with Crippen molar-refractivity contribution in [2.45, 2.75) is 0 Å². The van der Waals surface area contributed by atoms with Crippen molar-refractivity contribution in [3.63, 3.8) is 0 Å². The molecule has 1 amide bonds. The SMILES string of the molecule is C=CC(=C(OC)C(N)=O)c1c[nH]c2ccccc12. The smallest absolute Gasteiger partial charge is 0.284 e. The lowest BCUT2D eigenvalue weighted by atomic mass is 10.0. The Morgan fingerprint density at radius 1 is 1.44 bits per heavy atom. The molecule has 0 fully saturated rings. The third kappa shape index (κ3) is 1.88. The van der Waals surface area contributed by atoms with Crippen LogP contribution in [0.5, 0.6) is 0 Å². The van der Waals surface area contributed by atoms with Gasteiger partial charge in [-0.1, -0.05) is 30.9 Å². The number of para-hydroxylation sites is 1. The first-order valence-electron chi connectivity index (χ1n) is 5.46. The van der Waals surface area contributed by atoms with E-state index in [-0.39, 0.29) is 5.76 Å². The zero-order chi connectivity index (χ0) is 13.1. The fraction of sp³-hybridized carbons (Fsp3) is 0.0714. The van der Waals surface area contributed by atoms with Gasteiger partial charge in [0.05, 0.1) is 7.11 Å². The van der Waals surface area contributed by atoms with Gasteiger partial charge in [-0.25, -0.2) is 0 Å². The number of nitrogens with one attached hydrogen (secondary N) is 1. The van der Waals surface area contributed by atoms with E-state index in [4.69, 9.17) is 10.5 Å². The van der Waals surface area contributed by atoms with Gasteiger partial charge in [0, 0.05) is 28.2 Å². The molecule has 0 saturated carbocycles. The molecule has 0 bridgehead atoms. The largest absolute Gasteiger partial charge is 0.491 e. The van der Waals surface area contributed by atoms with Crippen molar-refractivity contribution >= 4 is 22.4 Å². The highest BCUT2D eigenvalue weighted by molar-refractivity contribution is 6.04. The number of allylic oxidation sites excluding steroid dienone is 2. The van der Waals surface area contributed by atoms with Gasteiger partial charge in [-0.2, -0.15) is 0 Å². The second-order valence-electron chi connectivity index (χ2n) is 3.76. The minimum atomic E-state index is -0.613. The maximum absolute atomic E-state index is 11.3. The fourth-order valence-corrected chi connectivity index (χ4v) is 1.96. The summed E-state index contributed by atoms with van der Waals surface area (Å²) in [5.41, 5.74) is 7.70. The number of amides is 1. The predicted molar refractivity (Wildman–Crippen MR) is 71.6 cm³/mol. The summed E-state index contributed by atoms with van der Waals surface area (Å²) in [6.45, 7) is 3.72. The summed E-state index contributed by atoms with van der Waals surface area (Å²) in [4.78, 5) is 14.5. The number of carbonyl (C=O) groups excluding carboxylic acids is 1. The summed E-state index contributed by atoms with van der Waals surface area (Å²) in [6.07, 6.45) is 3.38. The number of carbonyl (C=O) groups is 1. The van der Waals surface area contributed by atoms with Gasteiger partial charge < -0.3 is 15.5 Å². The Morgan fingerprint density at radius 3 is 2.78 bits per heavy atom. The number of ether oxygens (including phenoxy) is 1. The van der Waals surface area contributed by atoms with Gasteiger partial charge in [-0.3, -0.25) is 4.79 Å². The molecule has 0 saturated heterocycles. The van der Waals surface area contributed by atoms with Crippen LogP contribution in [0.3, 0.4) is 0 Å². The molecule has 2 rings (SSSR count). The lowest BCUT2D eigenvalue weighted by Crippen LogP contribution is -2.16. The maximum atomic E-state index is 11.3. The lowest BCUT2D eigenvalue weighted by Gasteiger charge is -2.07. The maximum Gasteiger partial charge on any atom is 0.284 e. The second kappa shape index (κ2) is 4.79. The Kier molecular flexibility index (Phi) is 3.19. The zero-order valence-electron chi connectivity index (χ0n) is 10.1. The number of nitrogens with two attached hydrogens (primary N) is 1. The Labute approximate surface area is 105 Å². The molecule has 2 aromatic rings. The number of aromatic nitrogens is 1. The van der Waals surface area contributed by atoms with Gasteiger partial charge in [-0.05, 0) is 6.07 Å². The first-order valence-corrected chi connectivity index (χ1v) is 5.46. The molecule has 4 nitrogen and oxygen atoms in total. The Balaban J connectivity index is 2.71. The van der Waals surface area contributed by atoms with Crippen molar-refractivity contribution < 1.29 is 9.53 Å². The van der Waals surface area contributed by atoms with Crippen LogP contribution in [0, 0.1) is 0 Å². The predicted octanol–water partition coefficient (Wildman–Crippen LogP) is 2.20. The minimum absolute atomic E-state index is 0.106. The van der Waals surface area contributed by atoms with Crippen LogP contribution < -0.4 is 5.73 Å². The van der Waals surface area contributed by atoms with E-state index in [1.54, 1.807) is 6.08 Å². The van der Waals surface area contributed by atoms with E-state index in [9.17, 15) is 4.79 Å². The van der Waals surface area contributed by atoms with Crippen LogP contribution in [0.1, 0.15) is 5.56 Å². The van der Waals surface area contributed by atoms with Crippen molar-refractivity contribution in [1.29, 1.82) is 0 Å². The molecule has 3 N–H and O–H groups in total. The molecule has 0 spiro atoms. The molecule has 1 heterocycles. The summed E-state index contributed by atoms with van der Waals surface area (Å²) in [5.74, 6) is -0.507. The summed E-state index contributed by atoms with van der Waals surface area (Å²) in [7, 11) is 1.42. The van der Waals surface area contributed by atoms with Gasteiger partial charge in [0.25, 0.3) is 5.91 Å². The molecule has 0 unspecified atom stereocenters. The highest BCUT2D eigenvalue weighted by Crippen LogP contribution is 2.28. The highest BCUT2D eigenvalue weighted by Gasteiger charge is 2.15. The average Bonchev–Trinajstić information content (AvgIpc) is 2.79. The van der Waals surface area contributed by atoms with Crippen molar-refractivity contribution in [2.75, 3.05) is 7.11 Å². The molecular weight excluding hydrogens is 228 g/mol. The molecule has 4 heteroatoms. The number of aromatic amines is 1. The van der Waals surface area contributed by atoms with Crippen LogP contribution in [0.15, 0.2) is 48.9 Å².